The van der Waals surface area contributed by atoms with E-state index in [0.717, 1.165) is 0 Å². The Labute approximate surface area is 131 Å². The molecule has 0 saturated carbocycles. The second-order valence-corrected chi connectivity index (χ2v) is 6.37. The molecule has 0 fully saturated rings. The first-order chi connectivity index (χ1) is 9.30. The smallest absolute Gasteiger partial charge is 0.248 e. The van der Waals surface area contributed by atoms with Gasteiger partial charge >= 0.3 is 0 Å². The molecule has 0 aliphatic rings. The minimum Gasteiger partial charge on any atom is -0.366 e. The van der Waals surface area contributed by atoms with Crippen LogP contribution in [0.25, 0.3) is 0 Å². The molecule has 0 aliphatic carbocycles. The molecule has 21 heavy (non-hydrogen) atoms. The maximum atomic E-state index is 12.4. The van der Waals surface area contributed by atoms with Gasteiger partial charge in [0.25, 0.3) is 0 Å². The molecule has 0 aliphatic heterocycles. The van der Waals surface area contributed by atoms with Gasteiger partial charge in [-0.3, -0.25) is 4.79 Å². The van der Waals surface area contributed by atoms with Gasteiger partial charge in [0.2, 0.25) is 15.9 Å². The van der Waals surface area contributed by atoms with Crippen LogP contribution in [0.15, 0.2) is 29.2 Å². The van der Waals surface area contributed by atoms with Gasteiger partial charge in [-0.05, 0) is 31.0 Å². The number of sulfonamides is 1. The van der Waals surface area contributed by atoms with Crippen molar-refractivity contribution in [2.75, 3.05) is 6.54 Å². The zero-order chi connectivity index (χ0) is 15.4. The highest BCUT2D eigenvalue weighted by atomic mass is 35.5. The minimum absolute atomic E-state index is 0. The van der Waals surface area contributed by atoms with Gasteiger partial charge in [0.1, 0.15) is 0 Å². The van der Waals surface area contributed by atoms with Crippen LogP contribution in [0.2, 0.25) is 0 Å². The Kier molecular flexibility index (Phi) is 7.32. The fourth-order valence-corrected chi connectivity index (χ4v) is 3.48. The van der Waals surface area contributed by atoms with Crippen LogP contribution in [-0.2, 0) is 10.0 Å². The molecule has 0 heterocycles. The third-order valence-electron chi connectivity index (χ3n) is 3.52. The van der Waals surface area contributed by atoms with Crippen molar-refractivity contribution in [1.29, 1.82) is 0 Å². The number of halogens is 1. The fourth-order valence-electron chi connectivity index (χ4n) is 1.89. The summed E-state index contributed by atoms with van der Waals surface area (Å²) in [6.07, 6.45) is 1.16. The molecule has 1 aromatic carbocycles. The summed E-state index contributed by atoms with van der Waals surface area (Å²) in [7, 11) is -3.75. The van der Waals surface area contributed by atoms with Gasteiger partial charge in [0.05, 0.1) is 4.90 Å². The molecule has 1 amide bonds. The van der Waals surface area contributed by atoms with Crippen molar-refractivity contribution in [3.05, 3.63) is 29.8 Å². The topological polar surface area (TPSA) is 115 Å². The average molecular weight is 336 g/mol. The van der Waals surface area contributed by atoms with Crippen LogP contribution in [0.3, 0.4) is 0 Å². The molecule has 6 nitrogen and oxygen atoms in total. The number of carbonyl (C=O) groups is 1. The van der Waals surface area contributed by atoms with Crippen LogP contribution < -0.4 is 16.2 Å². The van der Waals surface area contributed by atoms with E-state index in [1.54, 1.807) is 0 Å². The molecule has 5 N–H and O–H groups in total. The molecule has 0 atom stereocenters. The van der Waals surface area contributed by atoms with Crippen LogP contribution in [0, 0.1) is 0 Å². The first kappa shape index (κ1) is 19.9. The summed E-state index contributed by atoms with van der Waals surface area (Å²) in [6, 6.07) is 5.63. The lowest BCUT2D eigenvalue weighted by molar-refractivity contribution is 0.1000. The van der Waals surface area contributed by atoms with Crippen LogP contribution in [0.1, 0.15) is 37.0 Å². The average Bonchev–Trinajstić information content (AvgIpc) is 2.45. The molecule has 120 valence electrons. The van der Waals surface area contributed by atoms with E-state index in [1.807, 2.05) is 13.8 Å². The van der Waals surface area contributed by atoms with Crippen molar-refractivity contribution in [3.63, 3.8) is 0 Å². The SMILES string of the molecule is CCC(CC)(CN)NS(=O)(=O)c1cccc(C(N)=O)c1.Cl. The molecular formula is C13H22ClN3O3S. The van der Waals surface area contributed by atoms with E-state index in [4.69, 9.17) is 11.5 Å². The molecule has 8 heteroatoms. The lowest BCUT2D eigenvalue weighted by atomic mass is 9.95. The minimum atomic E-state index is -3.75. The quantitative estimate of drug-likeness (QED) is 0.689. The second-order valence-electron chi connectivity index (χ2n) is 4.69. The lowest BCUT2D eigenvalue weighted by Crippen LogP contribution is -2.52. The number of hydrogen-bond acceptors (Lipinski definition) is 4. The highest BCUT2D eigenvalue weighted by Gasteiger charge is 2.30. The summed E-state index contributed by atoms with van der Waals surface area (Å²) in [6.45, 7) is 3.95. The third-order valence-corrected chi connectivity index (χ3v) is 5.10. The monoisotopic (exact) mass is 335 g/mol. The largest absolute Gasteiger partial charge is 0.366 e. The summed E-state index contributed by atoms with van der Waals surface area (Å²) in [4.78, 5) is 11.1. The number of amides is 1. The molecule has 0 unspecified atom stereocenters. The highest BCUT2D eigenvalue weighted by Crippen LogP contribution is 2.19. The van der Waals surface area contributed by atoms with E-state index in [0.29, 0.717) is 12.8 Å². The van der Waals surface area contributed by atoms with Crippen LogP contribution >= 0.6 is 12.4 Å². The van der Waals surface area contributed by atoms with Crippen molar-refractivity contribution in [3.8, 4) is 0 Å². The van der Waals surface area contributed by atoms with Gasteiger partial charge < -0.3 is 11.5 Å². The Balaban J connectivity index is 0.00000400. The van der Waals surface area contributed by atoms with E-state index < -0.39 is 21.5 Å². The maximum Gasteiger partial charge on any atom is 0.248 e. The number of rotatable bonds is 7. The molecule has 0 aromatic heterocycles. The summed E-state index contributed by atoms with van der Waals surface area (Å²) in [5.74, 6) is -0.668. The number of nitrogens with two attached hydrogens (primary N) is 2. The van der Waals surface area contributed by atoms with Crippen molar-refractivity contribution in [2.24, 2.45) is 11.5 Å². The summed E-state index contributed by atoms with van der Waals surface area (Å²) >= 11 is 0. The highest BCUT2D eigenvalue weighted by molar-refractivity contribution is 7.89. The van der Waals surface area contributed by atoms with Crippen molar-refractivity contribution < 1.29 is 13.2 Å². The molecule has 1 aromatic rings. The van der Waals surface area contributed by atoms with Crippen molar-refractivity contribution >= 4 is 28.3 Å². The Hall–Kier alpha value is -1.15. The van der Waals surface area contributed by atoms with Crippen molar-refractivity contribution in [2.45, 2.75) is 37.1 Å². The van der Waals surface area contributed by atoms with Crippen LogP contribution in [0.5, 0.6) is 0 Å². The van der Waals surface area contributed by atoms with E-state index in [-0.39, 0.29) is 29.4 Å². The number of nitrogens with one attached hydrogen (secondary N) is 1. The van der Waals surface area contributed by atoms with Crippen LogP contribution in [0.4, 0.5) is 0 Å². The van der Waals surface area contributed by atoms with Gasteiger partial charge in [-0.15, -0.1) is 12.4 Å². The van der Waals surface area contributed by atoms with E-state index in [2.05, 4.69) is 4.72 Å². The van der Waals surface area contributed by atoms with Gasteiger partial charge in [0, 0.05) is 17.6 Å². The Morgan fingerprint density at radius 3 is 2.29 bits per heavy atom. The number of carbonyl (C=O) groups excluding carboxylic acids is 1. The molecule has 0 radical (unpaired) electrons. The zero-order valence-corrected chi connectivity index (χ0v) is 13.8. The Morgan fingerprint density at radius 2 is 1.86 bits per heavy atom. The third kappa shape index (κ3) is 4.67. The summed E-state index contributed by atoms with van der Waals surface area (Å²) in [5, 5.41) is 0. The molecule has 0 bridgehead atoms. The predicted molar refractivity (Wildman–Crippen MR) is 84.9 cm³/mol. The molecule has 0 saturated heterocycles. The number of primary amides is 1. The first-order valence-corrected chi connectivity index (χ1v) is 7.92. The Morgan fingerprint density at radius 1 is 1.29 bits per heavy atom. The van der Waals surface area contributed by atoms with Crippen molar-refractivity contribution in [1.82, 2.24) is 4.72 Å². The number of benzene rings is 1. The first-order valence-electron chi connectivity index (χ1n) is 6.44. The van der Waals surface area contributed by atoms with Crippen LogP contribution in [-0.4, -0.2) is 26.4 Å². The second kappa shape index (κ2) is 7.74. The van der Waals surface area contributed by atoms with Gasteiger partial charge in [-0.2, -0.15) is 0 Å². The van der Waals surface area contributed by atoms with E-state index in [1.165, 1.54) is 24.3 Å². The number of hydrogen-bond donors (Lipinski definition) is 3. The normalized spacial score (nSPS) is 11.8. The molecule has 1 rings (SSSR count). The maximum absolute atomic E-state index is 12.4. The van der Waals surface area contributed by atoms with Gasteiger partial charge in [-0.25, -0.2) is 13.1 Å². The summed E-state index contributed by atoms with van der Waals surface area (Å²) < 4.78 is 27.4. The van der Waals surface area contributed by atoms with Gasteiger partial charge in [0.15, 0.2) is 0 Å². The molecular weight excluding hydrogens is 314 g/mol. The van der Waals surface area contributed by atoms with E-state index in [9.17, 15) is 13.2 Å². The van der Waals surface area contributed by atoms with Gasteiger partial charge in [-0.1, -0.05) is 19.9 Å². The standard InChI is InChI=1S/C13H21N3O3S.ClH/c1-3-13(4-2,9-14)16-20(18,19)11-7-5-6-10(8-11)12(15)17;/h5-8,16H,3-4,9,14H2,1-2H3,(H2,15,17);1H. The lowest BCUT2D eigenvalue weighted by Gasteiger charge is -2.31. The summed E-state index contributed by atoms with van der Waals surface area (Å²) in [5.41, 5.74) is 10.3. The van der Waals surface area contributed by atoms with E-state index >= 15 is 0 Å². The predicted octanol–water partition coefficient (Wildman–Crippen LogP) is 1.00. The fraction of sp³-hybridized carbons (Fsp3) is 0.462. The Bertz CT molecular complexity index is 578. The zero-order valence-electron chi connectivity index (χ0n) is 12.1. The molecule has 0 spiro atoms.